The molecule has 14 nitrogen and oxygen atoms in total. The van der Waals surface area contributed by atoms with E-state index in [1.165, 1.54) is 61.2 Å². The van der Waals surface area contributed by atoms with Crippen LogP contribution in [0.3, 0.4) is 0 Å². The van der Waals surface area contributed by atoms with Gasteiger partial charge in [-0.1, -0.05) is 181 Å². The van der Waals surface area contributed by atoms with Crippen molar-refractivity contribution in [2.45, 2.75) is 172 Å². The normalized spacial score (nSPS) is 13.0. The molecule has 0 N–H and O–H groups in total. The minimum absolute atomic E-state index is 0. The molecular weight excluding hydrogens is 1530 g/mol. The van der Waals surface area contributed by atoms with Crippen molar-refractivity contribution >= 4 is 132 Å². The fraction of sp³-hybridized carbons (Fsp3) is 0.381. The Morgan fingerprint density at radius 3 is 0.972 bits per heavy atom. The summed E-state index contributed by atoms with van der Waals surface area (Å²) in [7, 11) is -7.11. The van der Waals surface area contributed by atoms with Gasteiger partial charge in [0.25, 0.3) is 20.2 Å². The first-order valence-corrected chi connectivity index (χ1v) is 41.9. The molecule has 10 heterocycles. The van der Waals surface area contributed by atoms with Crippen molar-refractivity contribution < 1.29 is 83.6 Å². The number of hydrogen-bond acceptors (Lipinski definition) is 12. The Balaban J connectivity index is 0.000000287. The van der Waals surface area contributed by atoms with E-state index in [4.69, 9.17) is 48.2 Å². The Morgan fingerprint density at radius 2 is 0.623 bits per heavy atom. The van der Waals surface area contributed by atoms with Gasteiger partial charge < -0.3 is 44.7 Å². The van der Waals surface area contributed by atoms with Crippen molar-refractivity contribution in [2.24, 2.45) is 0 Å². The van der Waals surface area contributed by atoms with Crippen LogP contribution in [0.2, 0.25) is 0 Å². The monoisotopic (exact) mass is 1630 g/mol. The van der Waals surface area contributed by atoms with Crippen LogP contribution < -0.4 is 44.7 Å². The van der Waals surface area contributed by atoms with E-state index >= 15 is 0 Å². The first-order chi connectivity index (χ1) is 48.9. The molecule has 16 bridgehead atoms. The summed E-state index contributed by atoms with van der Waals surface area (Å²) in [6.45, 7) is 26.0. The van der Waals surface area contributed by atoms with E-state index in [2.05, 4.69) is 160 Å². The van der Waals surface area contributed by atoms with Gasteiger partial charge in [0, 0.05) is 11.5 Å². The molecule has 0 unspecified atom stereocenters. The van der Waals surface area contributed by atoms with Crippen LogP contribution in [0.4, 0.5) is 0 Å². The van der Waals surface area contributed by atoms with E-state index in [9.17, 15) is 16.8 Å². The second-order valence-corrected chi connectivity index (χ2v) is 32.5. The first kappa shape index (κ1) is 87.0. The van der Waals surface area contributed by atoms with Gasteiger partial charge >= 0.3 is 33.6 Å². The van der Waals surface area contributed by atoms with Crippen LogP contribution in [-0.4, -0.2) is 74.0 Å². The largest absolute Gasteiger partial charge is 2.00 e. The Kier molecular flexibility index (Phi) is 31.9. The van der Waals surface area contributed by atoms with Crippen molar-refractivity contribution in [3.8, 4) is 0 Å². The average Bonchev–Trinajstić information content (AvgIpc) is 1.63. The molecule has 8 aromatic rings. The van der Waals surface area contributed by atoms with Gasteiger partial charge in [-0.2, -0.15) is 40.4 Å². The molecule has 4 aliphatic rings. The fourth-order valence-corrected chi connectivity index (χ4v) is 17.0. The van der Waals surface area contributed by atoms with Gasteiger partial charge in [-0.15, -0.1) is 44.1 Å². The van der Waals surface area contributed by atoms with Gasteiger partial charge in [0.1, 0.15) is 0 Å². The number of hydrogen-bond donors (Lipinski definition) is 0. The molecule has 0 spiro atoms. The van der Waals surface area contributed by atoms with E-state index in [1.807, 2.05) is 55.6 Å². The summed E-state index contributed by atoms with van der Waals surface area (Å²) in [5, 5.41) is 0. The van der Waals surface area contributed by atoms with Crippen LogP contribution in [0.15, 0.2) is 109 Å². The number of rotatable bonds is 26. The number of thioether (sulfide) groups is 2. The number of fused-ring (bicyclic) bond motifs is 16. The summed E-state index contributed by atoms with van der Waals surface area (Å²) in [5.74, 6) is 4.29. The average molecular weight is 1630 g/mol. The maximum atomic E-state index is 11.6. The summed E-state index contributed by atoms with van der Waals surface area (Å²) >= 11 is 4.03. The molecule has 0 fully saturated rings. The van der Waals surface area contributed by atoms with Crippen molar-refractivity contribution in [1.82, 2.24) is 39.9 Å². The Bertz CT molecular complexity index is 5240. The summed E-state index contributed by atoms with van der Waals surface area (Å²) in [4.78, 5) is 41.6. The molecule has 4 aliphatic heterocycles. The number of aryl methyl sites for hydroxylation is 8. The van der Waals surface area contributed by atoms with E-state index in [0.717, 1.165) is 216 Å². The maximum Gasteiger partial charge on any atom is 2.00 e. The number of nitrogens with zero attached hydrogens (tertiary/aromatic N) is 8. The van der Waals surface area contributed by atoms with E-state index < -0.39 is 20.2 Å². The Labute approximate surface area is 669 Å². The third kappa shape index (κ3) is 20.8. The van der Waals surface area contributed by atoms with Crippen molar-refractivity contribution in [2.75, 3.05) is 37.2 Å². The maximum absolute atomic E-state index is 11.6. The smallest absolute Gasteiger partial charge is 1.00 e. The third-order valence-electron chi connectivity index (χ3n) is 20.1. The van der Waals surface area contributed by atoms with Crippen molar-refractivity contribution in [1.29, 1.82) is 0 Å². The van der Waals surface area contributed by atoms with Crippen LogP contribution in [0.25, 0.3) is 88.7 Å². The van der Waals surface area contributed by atoms with Gasteiger partial charge in [-0.05, 0) is 200 Å². The van der Waals surface area contributed by atoms with Crippen LogP contribution in [0.5, 0.6) is 0 Å². The first-order valence-electron chi connectivity index (χ1n) is 35.9. The number of benzene rings is 2. The molecule has 12 rings (SSSR count). The SMILES string of the molecule is CCC1=C(C)c2cc3[n-]c(cc4nc(cc5[n-]c(cc1n2)c(C)c5CCCOS(C)(=O)=O)C(CCCOS(C)(=O)=O)=C4C)c(C)c3CC.CCC1=C(C)c2cc3[n-]c(cc4nc(cc5[n-]c(cc1n2)c(C)c5CCCSCc1ccccc1)C(CCCSCc1ccccc1)=C4C)c(C)c3CC.[Cl-].[Cl-].[Co+2].[Co+2]. The molecule has 6 aromatic heterocycles. The Hall–Kier alpha value is -6.25. The van der Waals surface area contributed by atoms with Gasteiger partial charge in [0.05, 0.1) is 71.3 Å². The number of halogens is 2. The van der Waals surface area contributed by atoms with E-state index in [-0.39, 0.29) is 71.6 Å². The molecule has 0 aliphatic carbocycles. The van der Waals surface area contributed by atoms with Gasteiger partial charge in [-0.25, -0.2) is 19.9 Å². The second kappa shape index (κ2) is 38.9. The molecule has 566 valence electrons. The number of allylic oxidation sites excluding steroid dienone is 8. The van der Waals surface area contributed by atoms with E-state index in [1.54, 1.807) is 0 Å². The summed E-state index contributed by atoms with van der Waals surface area (Å²) in [6, 6.07) is 38.7. The third-order valence-corrected chi connectivity index (χ3v) is 23.5. The fourth-order valence-electron chi connectivity index (χ4n) is 14.3. The predicted octanol–water partition coefficient (Wildman–Crippen LogP) is 13.3. The van der Waals surface area contributed by atoms with Crippen molar-refractivity contribution in [3.05, 3.63) is 210 Å². The van der Waals surface area contributed by atoms with Crippen LogP contribution in [0.1, 0.15) is 208 Å². The summed E-state index contributed by atoms with van der Waals surface area (Å²) in [6.07, 6.45) is 11.8. The molecule has 0 atom stereocenters. The molecule has 0 amide bonds. The minimum atomic E-state index is -3.55. The predicted molar refractivity (Wildman–Crippen MR) is 428 cm³/mol. The molecule has 2 radical (unpaired) electrons. The molecule has 0 saturated carbocycles. The van der Waals surface area contributed by atoms with Gasteiger partial charge in [0.15, 0.2) is 0 Å². The molecule has 2 aromatic carbocycles. The molecule has 106 heavy (non-hydrogen) atoms. The van der Waals surface area contributed by atoms with Gasteiger partial charge in [-0.3, -0.25) is 8.37 Å². The topological polar surface area (TPSA) is 195 Å². The minimum Gasteiger partial charge on any atom is -1.00 e. The summed E-state index contributed by atoms with van der Waals surface area (Å²) in [5.41, 5.74) is 36.3. The molecule has 0 saturated heterocycles. The zero-order chi connectivity index (χ0) is 72.6. The van der Waals surface area contributed by atoms with Gasteiger partial charge in [0.2, 0.25) is 0 Å². The quantitative estimate of drug-likeness (QED) is 0.0366. The Morgan fingerprint density at radius 1 is 0.349 bits per heavy atom. The van der Waals surface area contributed by atoms with Crippen LogP contribution >= 0.6 is 23.5 Å². The van der Waals surface area contributed by atoms with Crippen molar-refractivity contribution in [3.63, 3.8) is 0 Å². The van der Waals surface area contributed by atoms with E-state index in [0.29, 0.717) is 25.7 Å². The standard InChI is InChI=1S/C48H52N4S2.C36H44N4O6S2.2ClH.2Co/c1-7-37-31(3)41-25-42-33(5)39(21-15-23-53-29-35-17-11-9-12-18-35)47(51-42)28-48-40(22-16-24-54-30-36-19-13-10-14-20-36)34(6)44(52-48)27-46-38(8-2)32(4)43(50-46)26-45(37)49-41;1-9-25-21(3)29-17-30-23(5)27(13-11-15-45-47(7,41)42)35(39-30)20-36-28(14-12-16-46-48(8,43)44)24(6)32(40-36)19-34-26(10-2)22(4)31(38-34)18-33(25)37-29;;;;/h9-14,17-20,25-28H,7-8,15-16,21-24,29-30H2,1-6H3;17-20H,9-16H2,1-8H3;2*1H;;/q2*-2;;;2*+2/p-2. The second-order valence-electron chi connectivity index (χ2n) is 27.0. The zero-order valence-corrected chi connectivity index (χ0v) is 70.1. The van der Waals surface area contributed by atoms with Crippen LogP contribution in [-0.2, 0) is 99.3 Å². The number of aromatic nitrogens is 8. The molecular formula is C84H96Cl2Co2N8O6S4-2. The summed E-state index contributed by atoms with van der Waals surface area (Å²) < 4.78 is 56.5. The van der Waals surface area contributed by atoms with Crippen LogP contribution in [0, 0.1) is 27.7 Å². The zero-order valence-electron chi connectivity index (χ0n) is 63.2. The molecule has 22 heteroatoms.